The largest absolute Gasteiger partial charge is 0.342 e. The lowest BCUT2D eigenvalue weighted by atomic mass is 9.79. The summed E-state index contributed by atoms with van der Waals surface area (Å²) in [6.07, 6.45) is 5.46. The Bertz CT molecular complexity index is 1410. The number of amides is 1. The van der Waals surface area contributed by atoms with Crippen molar-refractivity contribution in [1.82, 2.24) is 9.78 Å². The Balaban J connectivity index is 1.50. The maximum absolute atomic E-state index is 13.5. The predicted molar refractivity (Wildman–Crippen MR) is 137 cm³/mol. The standard InChI is InChI=1S/C26H29N5O4S/c1-30-14-13-25(28-30)27-26(32)20(15-17-7-10-19(29-33)11-8-17)18-9-12-24-22(16-18)31(2)21-5-3-4-6-23(21)36(24,34)35/h3-6,9,12-14,16-17,19-20H,7-8,10-11,15H2,1-2H3,(H,27,28,32). The summed E-state index contributed by atoms with van der Waals surface area (Å²) in [4.78, 5) is 26.9. The number of hydrogen-bond acceptors (Lipinski definition) is 7. The summed E-state index contributed by atoms with van der Waals surface area (Å²) in [5.74, 6) is 0.0379. The van der Waals surface area contributed by atoms with Gasteiger partial charge in [0.1, 0.15) is 0 Å². The Morgan fingerprint density at radius 3 is 2.47 bits per heavy atom. The second-order valence-corrected chi connectivity index (χ2v) is 11.6. The van der Waals surface area contributed by atoms with E-state index in [1.54, 1.807) is 54.3 Å². The van der Waals surface area contributed by atoms with E-state index in [2.05, 4.69) is 15.6 Å². The maximum atomic E-state index is 13.5. The highest BCUT2D eigenvalue weighted by Crippen LogP contribution is 2.45. The molecule has 188 valence electrons. The van der Waals surface area contributed by atoms with Gasteiger partial charge in [-0.05, 0) is 67.9 Å². The third-order valence-corrected chi connectivity index (χ3v) is 9.22. The van der Waals surface area contributed by atoms with Gasteiger partial charge in [0.15, 0.2) is 5.82 Å². The number of anilines is 3. The van der Waals surface area contributed by atoms with Gasteiger partial charge in [0.05, 0.1) is 33.1 Å². The van der Waals surface area contributed by atoms with Gasteiger partial charge in [0, 0.05) is 26.4 Å². The molecule has 36 heavy (non-hydrogen) atoms. The SMILES string of the molecule is CN1c2ccccc2S(=O)(=O)c2ccc(C(CC3CCC(N=O)CC3)C(=O)Nc3ccn(C)n3)cc21. The molecule has 0 bridgehead atoms. The second-order valence-electron chi connectivity index (χ2n) is 9.69. The van der Waals surface area contributed by atoms with Crippen molar-refractivity contribution in [2.75, 3.05) is 17.3 Å². The lowest BCUT2D eigenvalue weighted by Crippen LogP contribution is -2.27. The molecule has 1 atom stereocenters. The summed E-state index contributed by atoms with van der Waals surface area (Å²) >= 11 is 0. The number of nitrogens with zero attached hydrogens (tertiary/aromatic N) is 4. The van der Waals surface area contributed by atoms with E-state index in [0.717, 1.165) is 31.2 Å². The van der Waals surface area contributed by atoms with E-state index < -0.39 is 15.8 Å². The molecule has 2 heterocycles. The van der Waals surface area contributed by atoms with E-state index in [4.69, 9.17) is 0 Å². The fraction of sp³-hybridized carbons (Fsp3) is 0.385. The molecular weight excluding hydrogens is 478 g/mol. The molecule has 2 aliphatic rings. The highest BCUT2D eigenvalue weighted by molar-refractivity contribution is 7.92. The number of rotatable bonds is 6. The van der Waals surface area contributed by atoms with Gasteiger partial charge in [0.25, 0.3) is 0 Å². The molecule has 2 aromatic carbocycles. The first-order chi connectivity index (χ1) is 17.3. The summed E-state index contributed by atoms with van der Waals surface area (Å²) in [6, 6.07) is 13.7. The lowest BCUT2D eigenvalue weighted by Gasteiger charge is -2.31. The van der Waals surface area contributed by atoms with Crippen LogP contribution in [0.2, 0.25) is 0 Å². The molecule has 1 aliphatic heterocycles. The minimum Gasteiger partial charge on any atom is -0.342 e. The first kappa shape index (κ1) is 24.2. The van der Waals surface area contributed by atoms with Gasteiger partial charge in [-0.3, -0.25) is 9.48 Å². The molecule has 0 radical (unpaired) electrons. The van der Waals surface area contributed by atoms with Gasteiger partial charge in [-0.25, -0.2) is 8.42 Å². The monoisotopic (exact) mass is 507 g/mol. The number of sulfone groups is 1. The van der Waals surface area contributed by atoms with E-state index in [1.165, 1.54) is 0 Å². The first-order valence-corrected chi connectivity index (χ1v) is 13.6. The fourth-order valence-electron chi connectivity index (χ4n) is 5.36. The topological polar surface area (TPSA) is 114 Å². The van der Waals surface area contributed by atoms with Gasteiger partial charge in [0.2, 0.25) is 15.7 Å². The summed E-state index contributed by atoms with van der Waals surface area (Å²) < 4.78 is 28.3. The minimum atomic E-state index is -3.67. The van der Waals surface area contributed by atoms with E-state index in [9.17, 15) is 18.1 Å². The van der Waals surface area contributed by atoms with Crippen molar-refractivity contribution >= 4 is 32.9 Å². The van der Waals surface area contributed by atoms with Crippen LogP contribution in [0.5, 0.6) is 0 Å². The number of aryl methyl sites for hydroxylation is 1. The van der Waals surface area contributed by atoms with E-state index >= 15 is 0 Å². The van der Waals surface area contributed by atoms with Crippen LogP contribution in [0.1, 0.15) is 43.6 Å². The highest BCUT2D eigenvalue weighted by Gasteiger charge is 2.35. The van der Waals surface area contributed by atoms with Crippen LogP contribution in [0.25, 0.3) is 0 Å². The smallest absolute Gasteiger partial charge is 0.233 e. The molecule has 9 nitrogen and oxygen atoms in total. The number of benzene rings is 2. The molecule has 1 aromatic heterocycles. The van der Waals surface area contributed by atoms with Crippen LogP contribution in [0.4, 0.5) is 17.2 Å². The van der Waals surface area contributed by atoms with Crippen molar-refractivity contribution in [1.29, 1.82) is 0 Å². The van der Waals surface area contributed by atoms with Crippen molar-refractivity contribution in [3.8, 4) is 0 Å². The zero-order valence-electron chi connectivity index (χ0n) is 20.3. The molecule has 3 aromatic rings. The van der Waals surface area contributed by atoms with Crippen molar-refractivity contribution in [2.24, 2.45) is 18.1 Å². The summed E-state index contributed by atoms with van der Waals surface area (Å²) in [5.41, 5.74) is 1.91. The third kappa shape index (κ3) is 4.41. The van der Waals surface area contributed by atoms with Crippen molar-refractivity contribution < 1.29 is 13.2 Å². The third-order valence-electron chi connectivity index (χ3n) is 7.37. The van der Waals surface area contributed by atoms with E-state index in [-0.39, 0.29) is 27.7 Å². The van der Waals surface area contributed by atoms with E-state index in [1.807, 2.05) is 24.1 Å². The number of aromatic nitrogens is 2. The van der Waals surface area contributed by atoms with Crippen LogP contribution in [0.3, 0.4) is 0 Å². The zero-order chi connectivity index (χ0) is 25.4. The Morgan fingerprint density at radius 1 is 1.06 bits per heavy atom. The first-order valence-electron chi connectivity index (χ1n) is 12.1. The maximum Gasteiger partial charge on any atom is 0.233 e. The zero-order valence-corrected chi connectivity index (χ0v) is 21.1. The average molecular weight is 508 g/mol. The molecule has 1 amide bonds. The van der Waals surface area contributed by atoms with Crippen LogP contribution < -0.4 is 10.2 Å². The number of fused-ring (bicyclic) bond motifs is 2. The number of carbonyl (C=O) groups is 1. The van der Waals surface area contributed by atoms with Crippen LogP contribution in [0, 0.1) is 10.8 Å². The number of carbonyl (C=O) groups excluding carboxylic acids is 1. The Kier molecular flexibility index (Phi) is 6.38. The molecule has 0 saturated heterocycles. The van der Waals surface area contributed by atoms with Crippen molar-refractivity contribution in [2.45, 2.75) is 53.9 Å². The Hall–Kier alpha value is -3.53. The fourth-order valence-corrected chi connectivity index (χ4v) is 7.05. The quantitative estimate of drug-likeness (QED) is 0.481. The van der Waals surface area contributed by atoms with Gasteiger partial charge < -0.3 is 10.2 Å². The molecule has 1 fully saturated rings. The van der Waals surface area contributed by atoms with Gasteiger partial charge in [-0.2, -0.15) is 10.0 Å². The number of nitroso groups, excluding NO2 is 1. The molecule has 1 N–H and O–H groups in total. The Labute approximate surface area is 210 Å². The molecule has 0 spiro atoms. The molecule has 1 unspecified atom stereocenters. The van der Waals surface area contributed by atoms with Crippen molar-refractivity contribution in [3.63, 3.8) is 0 Å². The van der Waals surface area contributed by atoms with Gasteiger partial charge in [-0.15, -0.1) is 0 Å². The molecule has 5 rings (SSSR count). The number of para-hydroxylation sites is 1. The van der Waals surface area contributed by atoms with Crippen LogP contribution in [-0.2, 0) is 21.7 Å². The van der Waals surface area contributed by atoms with Gasteiger partial charge in [-0.1, -0.05) is 23.4 Å². The average Bonchev–Trinajstić information content (AvgIpc) is 3.30. The molecule has 10 heteroatoms. The highest BCUT2D eigenvalue weighted by atomic mass is 32.2. The van der Waals surface area contributed by atoms with E-state index in [0.29, 0.717) is 23.6 Å². The van der Waals surface area contributed by atoms with Gasteiger partial charge >= 0.3 is 0 Å². The molecule has 1 saturated carbocycles. The minimum absolute atomic E-state index is 0.148. The van der Waals surface area contributed by atoms with Crippen molar-refractivity contribution in [3.05, 3.63) is 65.2 Å². The molecular formula is C26H29N5O4S. The summed E-state index contributed by atoms with van der Waals surface area (Å²) in [5, 5.41) is 10.4. The lowest BCUT2D eigenvalue weighted by molar-refractivity contribution is -0.118. The normalized spacial score (nSPS) is 21.2. The second kappa shape index (κ2) is 9.50. The van der Waals surface area contributed by atoms with Crippen LogP contribution in [-0.4, -0.2) is 37.2 Å². The summed E-state index contributed by atoms with van der Waals surface area (Å²) in [6.45, 7) is 0. The Morgan fingerprint density at radius 2 is 1.78 bits per heavy atom. The predicted octanol–water partition coefficient (Wildman–Crippen LogP) is 4.77. The summed E-state index contributed by atoms with van der Waals surface area (Å²) in [7, 11) is -0.0520. The molecule has 1 aliphatic carbocycles. The number of nitrogens with one attached hydrogen (secondary N) is 1. The number of hydrogen-bond donors (Lipinski definition) is 1. The van der Waals surface area contributed by atoms with Crippen LogP contribution >= 0.6 is 0 Å². The van der Waals surface area contributed by atoms with Crippen LogP contribution in [0.15, 0.2) is 69.7 Å².